The first-order valence-corrected chi connectivity index (χ1v) is 8.55. The molecule has 0 bridgehead atoms. The summed E-state index contributed by atoms with van der Waals surface area (Å²) in [4.78, 5) is 12.2. The number of fused-ring (bicyclic) bond motifs is 1. The summed E-state index contributed by atoms with van der Waals surface area (Å²) in [5.74, 6) is -0.0370. The van der Waals surface area contributed by atoms with Gasteiger partial charge in [-0.15, -0.1) is 0 Å². The fourth-order valence-electron chi connectivity index (χ4n) is 2.85. The van der Waals surface area contributed by atoms with Crippen LogP contribution < -0.4 is 11.1 Å². The lowest BCUT2D eigenvalue weighted by Crippen LogP contribution is -2.02. The van der Waals surface area contributed by atoms with Gasteiger partial charge in [-0.1, -0.05) is 11.6 Å². The van der Waals surface area contributed by atoms with Gasteiger partial charge >= 0.3 is 0 Å². The maximum Gasteiger partial charge on any atom is 0.169 e. The molecule has 0 radical (unpaired) electrons. The highest BCUT2D eigenvalue weighted by Crippen LogP contribution is 2.30. The molecule has 144 valence electrons. The number of aryl methyl sites for hydroxylation is 1. The topological polar surface area (TPSA) is 118 Å². The zero-order valence-electron chi connectivity index (χ0n) is 14.8. The number of rotatable bonds is 3. The molecule has 3 heterocycles. The normalized spacial score (nSPS) is 10.9. The first-order valence-electron chi connectivity index (χ1n) is 8.17. The Hall–Kier alpha value is -3.84. The Morgan fingerprint density at radius 2 is 2.03 bits per heavy atom. The van der Waals surface area contributed by atoms with Gasteiger partial charge in [-0.3, -0.25) is 0 Å². The van der Waals surface area contributed by atoms with E-state index in [1.807, 2.05) is 6.07 Å². The summed E-state index contributed by atoms with van der Waals surface area (Å²) in [5.41, 5.74) is 5.78. The molecule has 1 aromatic carbocycles. The number of aromatic nitrogens is 5. The van der Waals surface area contributed by atoms with Gasteiger partial charge in [0.05, 0.1) is 22.2 Å². The van der Waals surface area contributed by atoms with Crippen molar-refractivity contribution >= 4 is 40.0 Å². The van der Waals surface area contributed by atoms with Crippen LogP contribution in [0.3, 0.4) is 0 Å². The number of pyridine rings is 1. The van der Waals surface area contributed by atoms with E-state index in [4.69, 9.17) is 17.3 Å². The van der Waals surface area contributed by atoms with Crippen LogP contribution in [0.4, 0.5) is 26.2 Å². The van der Waals surface area contributed by atoms with Gasteiger partial charge in [0.15, 0.2) is 5.82 Å². The number of nitrogens with two attached hydrogens (primary N) is 1. The van der Waals surface area contributed by atoms with E-state index in [0.29, 0.717) is 17.0 Å². The van der Waals surface area contributed by atoms with Crippen LogP contribution in [0.25, 0.3) is 16.6 Å². The maximum absolute atomic E-state index is 14.3. The van der Waals surface area contributed by atoms with Gasteiger partial charge in [0.1, 0.15) is 46.4 Å². The van der Waals surface area contributed by atoms with E-state index in [2.05, 4.69) is 25.4 Å². The molecular formula is C18H11ClF2N8. The van der Waals surface area contributed by atoms with Crippen molar-refractivity contribution in [1.82, 2.24) is 24.7 Å². The van der Waals surface area contributed by atoms with Gasteiger partial charge in [-0.05, 0) is 19.1 Å². The van der Waals surface area contributed by atoms with Gasteiger partial charge in [0.2, 0.25) is 0 Å². The van der Waals surface area contributed by atoms with Gasteiger partial charge in [0.25, 0.3) is 0 Å². The first kappa shape index (κ1) is 18.5. The van der Waals surface area contributed by atoms with Crippen LogP contribution in [0.1, 0.15) is 11.4 Å². The molecule has 0 aliphatic heterocycles. The molecule has 0 aliphatic carbocycles. The second kappa shape index (κ2) is 6.96. The number of nitrogens with zero attached hydrogens (tertiary/aromatic N) is 6. The van der Waals surface area contributed by atoms with E-state index in [1.165, 1.54) is 16.9 Å². The molecule has 0 unspecified atom stereocenters. The molecule has 0 atom stereocenters. The van der Waals surface area contributed by atoms with Gasteiger partial charge in [0, 0.05) is 12.3 Å². The number of hydrogen-bond donors (Lipinski definition) is 2. The minimum Gasteiger partial charge on any atom is -0.384 e. The van der Waals surface area contributed by atoms with Crippen molar-refractivity contribution in [3.05, 3.63) is 58.6 Å². The summed E-state index contributed by atoms with van der Waals surface area (Å²) >= 11 is 6.11. The van der Waals surface area contributed by atoms with Crippen molar-refractivity contribution in [2.75, 3.05) is 11.1 Å². The molecule has 0 saturated heterocycles. The summed E-state index contributed by atoms with van der Waals surface area (Å²) < 4.78 is 29.1. The predicted octanol–water partition coefficient (Wildman–Crippen LogP) is 3.65. The van der Waals surface area contributed by atoms with Gasteiger partial charge in [-0.25, -0.2) is 28.4 Å². The standard InChI is InChI=1S/C18H11ClF2N8/c1-8-25-14(23)4-15(26-8)27-18-11-7-29(28-16(11)13(21)6-24-18)17-9(5-22)2-10(20)3-12(17)19/h2-4,6-7H,1H3,(H3,23,24,25,26,27). The highest BCUT2D eigenvalue weighted by atomic mass is 35.5. The molecule has 3 N–H and O–H groups in total. The Balaban J connectivity index is 1.88. The molecule has 4 rings (SSSR count). The van der Waals surface area contributed by atoms with Crippen LogP contribution in [-0.2, 0) is 0 Å². The van der Waals surface area contributed by atoms with Crippen molar-refractivity contribution in [1.29, 1.82) is 5.26 Å². The summed E-state index contributed by atoms with van der Waals surface area (Å²) in [7, 11) is 0. The second-order valence-corrected chi connectivity index (χ2v) is 6.44. The molecule has 3 aromatic heterocycles. The number of anilines is 3. The fourth-order valence-corrected chi connectivity index (χ4v) is 3.14. The van der Waals surface area contributed by atoms with Crippen LogP contribution in [0.15, 0.2) is 30.6 Å². The Kier molecular flexibility index (Phi) is 4.44. The van der Waals surface area contributed by atoms with E-state index in [0.717, 1.165) is 18.3 Å². The highest BCUT2D eigenvalue weighted by Gasteiger charge is 2.18. The zero-order chi connectivity index (χ0) is 20.7. The summed E-state index contributed by atoms with van der Waals surface area (Å²) in [6.45, 7) is 1.67. The molecular weight excluding hydrogens is 402 g/mol. The van der Waals surface area contributed by atoms with E-state index >= 15 is 0 Å². The molecule has 0 spiro atoms. The lowest BCUT2D eigenvalue weighted by molar-refractivity contribution is 0.625. The predicted molar refractivity (Wildman–Crippen MR) is 103 cm³/mol. The fraction of sp³-hybridized carbons (Fsp3) is 0.0556. The van der Waals surface area contributed by atoms with E-state index in [1.54, 1.807) is 6.92 Å². The molecule has 11 heteroatoms. The Bertz CT molecular complexity index is 1290. The van der Waals surface area contributed by atoms with Crippen molar-refractivity contribution in [3.8, 4) is 11.8 Å². The number of nitrogen functional groups attached to an aromatic ring is 1. The average molecular weight is 413 g/mol. The molecule has 29 heavy (non-hydrogen) atoms. The van der Waals surface area contributed by atoms with Crippen LogP contribution in [-0.4, -0.2) is 24.7 Å². The Morgan fingerprint density at radius 3 is 2.76 bits per heavy atom. The Morgan fingerprint density at radius 1 is 1.24 bits per heavy atom. The van der Waals surface area contributed by atoms with Crippen LogP contribution >= 0.6 is 11.6 Å². The number of nitrogens with one attached hydrogen (secondary N) is 1. The van der Waals surface area contributed by atoms with Crippen LogP contribution in [0, 0.1) is 29.9 Å². The third-order valence-corrected chi connectivity index (χ3v) is 4.27. The summed E-state index contributed by atoms with van der Waals surface area (Å²) in [6.07, 6.45) is 2.43. The second-order valence-electron chi connectivity index (χ2n) is 6.04. The minimum atomic E-state index is -0.681. The number of benzene rings is 1. The van der Waals surface area contributed by atoms with Crippen molar-refractivity contribution in [2.24, 2.45) is 0 Å². The first-order chi connectivity index (χ1) is 13.9. The smallest absolute Gasteiger partial charge is 0.169 e. The van der Waals surface area contributed by atoms with E-state index < -0.39 is 11.6 Å². The summed E-state index contributed by atoms with van der Waals surface area (Å²) in [5, 5.41) is 16.7. The van der Waals surface area contributed by atoms with Crippen molar-refractivity contribution in [3.63, 3.8) is 0 Å². The van der Waals surface area contributed by atoms with E-state index in [-0.39, 0.29) is 33.4 Å². The SMILES string of the molecule is Cc1nc(N)cc(Nc2ncc(F)c3nn(-c4c(Cl)cc(F)cc4C#N)cc23)n1. The molecule has 0 fully saturated rings. The van der Waals surface area contributed by atoms with Crippen LogP contribution in [0.5, 0.6) is 0 Å². The van der Waals surface area contributed by atoms with Gasteiger partial charge < -0.3 is 11.1 Å². The quantitative estimate of drug-likeness (QED) is 0.527. The maximum atomic E-state index is 14.3. The van der Waals surface area contributed by atoms with E-state index in [9.17, 15) is 14.0 Å². The molecule has 4 aromatic rings. The van der Waals surface area contributed by atoms with Gasteiger partial charge in [-0.2, -0.15) is 10.4 Å². The average Bonchev–Trinajstić information content (AvgIpc) is 3.08. The highest BCUT2D eigenvalue weighted by molar-refractivity contribution is 6.32. The van der Waals surface area contributed by atoms with Crippen molar-refractivity contribution in [2.45, 2.75) is 6.92 Å². The lowest BCUT2D eigenvalue weighted by atomic mass is 10.2. The number of nitriles is 1. The molecule has 0 amide bonds. The molecule has 8 nitrogen and oxygen atoms in total. The third-order valence-electron chi connectivity index (χ3n) is 3.98. The van der Waals surface area contributed by atoms with Crippen LogP contribution in [0.2, 0.25) is 5.02 Å². The largest absolute Gasteiger partial charge is 0.384 e. The molecule has 0 saturated carbocycles. The van der Waals surface area contributed by atoms with Crippen molar-refractivity contribution < 1.29 is 8.78 Å². The third kappa shape index (κ3) is 3.39. The minimum absolute atomic E-state index is 0.0227. The monoisotopic (exact) mass is 412 g/mol. The number of hydrogen-bond acceptors (Lipinski definition) is 7. The molecule has 0 aliphatic rings. The summed E-state index contributed by atoms with van der Waals surface area (Å²) in [6, 6.07) is 5.43. The lowest BCUT2D eigenvalue weighted by Gasteiger charge is -2.07. The number of halogens is 3. The zero-order valence-corrected chi connectivity index (χ0v) is 15.5. The Labute approximate surface area is 167 Å².